The van der Waals surface area contributed by atoms with Crippen molar-refractivity contribution >= 4 is 23.2 Å². The minimum atomic E-state index is -4.48. The largest absolute Gasteiger partial charge is 0.416 e. The predicted molar refractivity (Wildman–Crippen MR) is 85.3 cm³/mol. The number of benzene rings is 2. The topological polar surface area (TPSA) is 63.4 Å². The lowest BCUT2D eigenvalue weighted by atomic mass is 10.1. The van der Waals surface area contributed by atoms with Crippen molar-refractivity contribution in [2.75, 3.05) is 7.05 Å². The molecule has 0 aliphatic carbocycles. The van der Waals surface area contributed by atoms with Crippen molar-refractivity contribution in [1.29, 1.82) is 0 Å². The van der Waals surface area contributed by atoms with Gasteiger partial charge in [-0.3, -0.25) is 14.9 Å². The fraction of sp³-hybridized carbons (Fsp3) is 0.188. The highest BCUT2D eigenvalue weighted by molar-refractivity contribution is 6.31. The number of halogens is 4. The molecule has 9 heteroatoms. The summed E-state index contributed by atoms with van der Waals surface area (Å²) in [6, 6.07) is 7.64. The number of nitro benzene ring substituents is 1. The number of rotatable bonds is 4. The number of carbonyl (C=O) groups is 1. The van der Waals surface area contributed by atoms with Gasteiger partial charge in [-0.05, 0) is 35.9 Å². The summed E-state index contributed by atoms with van der Waals surface area (Å²) in [6.07, 6.45) is -4.48. The van der Waals surface area contributed by atoms with Gasteiger partial charge in [0.1, 0.15) is 0 Å². The lowest BCUT2D eigenvalue weighted by Gasteiger charge is -2.18. The Bertz CT molecular complexity index is 807. The van der Waals surface area contributed by atoms with Gasteiger partial charge in [0.05, 0.1) is 10.5 Å². The zero-order valence-corrected chi connectivity index (χ0v) is 13.6. The van der Waals surface area contributed by atoms with Gasteiger partial charge in [0.2, 0.25) is 0 Å². The van der Waals surface area contributed by atoms with Crippen LogP contribution in [-0.2, 0) is 12.7 Å². The number of hydrogen-bond acceptors (Lipinski definition) is 3. The summed E-state index contributed by atoms with van der Waals surface area (Å²) in [4.78, 5) is 23.7. The maximum atomic E-state index is 12.5. The molecule has 0 N–H and O–H groups in total. The molecule has 0 unspecified atom stereocenters. The number of nitro groups is 1. The lowest BCUT2D eigenvalue weighted by molar-refractivity contribution is -0.384. The van der Waals surface area contributed by atoms with Crippen LogP contribution < -0.4 is 0 Å². The van der Waals surface area contributed by atoms with Gasteiger partial charge in [-0.25, -0.2) is 0 Å². The zero-order chi connectivity index (χ0) is 18.8. The molecule has 0 saturated carbocycles. The molecule has 2 rings (SSSR count). The Morgan fingerprint density at radius 1 is 1.20 bits per heavy atom. The third-order valence-electron chi connectivity index (χ3n) is 3.45. The van der Waals surface area contributed by atoms with E-state index in [1.165, 1.54) is 30.1 Å². The van der Waals surface area contributed by atoms with Crippen molar-refractivity contribution in [1.82, 2.24) is 4.90 Å². The van der Waals surface area contributed by atoms with Crippen molar-refractivity contribution in [3.05, 3.63) is 74.3 Å². The minimum absolute atomic E-state index is 0.0274. The maximum Gasteiger partial charge on any atom is 0.416 e. The van der Waals surface area contributed by atoms with Crippen LogP contribution in [0.3, 0.4) is 0 Å². The van der Waals surface area contributed by atoms with Crippen LogP contribution in [0.4, 0.5) is 18.9 Å². The molecule has 0 heterocycles. The standard InChI is InChI=1S/C16H12ClF3N2O3/c1-21(9-11-8-13(22(24)25)6-7-14(11)17)15(23)10-2-4-12(5-3-10)16(18,19)20/h2-8H,9H2,1H3. The third-order valence-corrected chi connectivity index (χ3v) is 3.82. The second kappa shape index (κ2) is 7.10. The van der Waals surface area contributed by atoms with E-state index in [1.807, 2.05) is 0 Å². The average molecular weight is 373 g/mol. The van der Waals surface area contributed by atoms with E-state index in [-0.39, 0.29) is 22.8 Å². The van der Waals surface area contributed by atoms with Crippen LogP contribution in [0.25, 0.3) is 0 Å². The van der Waals surface area contributed by atoms with Gasteiger partial charge < -0.3 is 4.90 Å². The van der Waals surface area contributed by atoms with Crippen LogP contribution in [0.1, 0.15) is 21.5 Å². The van der Waals surface area contributed by atoms with Gasteiger partial charge in [0, 0.05) is 36.3 Å². The number of alkyl halides is 3. The quantitative estimate of drug-likeness (QED) is 0.584. The van der Waals surface area contributed by atoms with Crippen LogP contribution >= 0.6 is 11.6 Å². The normalized spacial score (nSPS) is 11.2. The van der Waals surface area contributed by atoms with Crippen molar-refractivity contribution in [2.24, 2.45) is 0 Å². The van der Waals surface area contributed by atoms with E-state index >= 15 is 0 Å². The van der Waals surface area contributed by atoms with Crippen molar-refractivity contribution in [3.63, 3.8) is 0 Å². The summed E-state index contributed by atoms with van der Waals surface area (Å²) in [6.45, 7) is -0.0274. The second-order valence-electron chi connectivity index (χ2n) is 5.27. The first-order valence-electron chi connectivity index (χ1n) is 6.95. The molecule has 0 fully saturated rings. The Morgan fingerprint density at radius 3 is 2.32 bits per heavy atom. The number of non-ortho nitro benzene ring substituents is 1. The second-order valence-corrected chi connectivity index (χ2v) is 5.68. The molecule has 0 aromatic heterocycles. The van der Waals surface area contributed by atoms with Crippen molar-refractivity contribution in [2.45, 2.75) is 12.7 Å². The molecule has 132 valence electrons. The van der Waals surface area contributed by atoms with E-state index in [0.29, 0.717) is 5.56 Å². The monoisotopic (exact) mass is 372 g/mol. The summed E-state index contributed by atoms with van der Waals surface area (Å²) in [5.74, 6) is -0.531. The Balaban J connectivity index is 2.18. The molecule has 0 aliphatic heterocycles. The molecular formula is C16H12ClF3N2O3. The van der Waals surface area contributed by atoms with Crippen LogP contribution in [0.5, 0.6) is 0 Å². The van der Waals surface area contributed by atoms with E-state index in [9.17, 15) is 28.1 Å². The minimum Gasteiger partial charge on any atom is -0.337 e. The smallest absolute Gasteiger partial charge is 0.337 e. The number of amides is 1. The fourth-order valence-electron chi connectivity index (χ4n) is 2.15. The first-order chi connectivity index (χ1) is 11.6. The molecule has 0 radical (unpaired) electrons. The first-order valence-corrected chi connectivity index (χ1v) is 7.33. The maximum absolute atomic E-state index is 12.5. The zero-order valence-electron chi connectivity index (χ0n) is 12.9. The lowest BCUT2D eigenvalue weighted by Crippen LogP contribution is -2.26. The highest BCUT2D eigenvalue weighted by Crippen LogP contribution is 2.29. The van der Waals surface area contributed by atoms with Gasteiger partial charge in [0.25, 0.3) is 11.6 Å². The van der Waals surface area contributed by atoms with Gasteiger partial charge in [0.15, 0.2) is 0 Å². The summed E-state index contributed by atoms with van der Waals surface area (Å²) in [5, 5.41) is 11.1. The molecule has 1 amide bonds. The molecule has 0 saturated heterocycles. The molecule has 5 nitrogen and oxygen atoms in total. The van der Waals surface area contributed by atoms with Crippen LogP contribution in [0, 0.1) is 10.1 Å². The molecule has 0 spiro atoms. The molecular weight excluding hydrogens is 361 g/mol. The van der Waals surface area contributed by atoms with Crippen LogP contribution in [0.2, 0.25) is 5.02 Å². The third kappa shape index (κ3) is 4.48. The SMILES string of the molecule is CN(Cc1cc([N+](=O)[O-])ccc1Cl)C(=O)c1ccc(C(F)(F)F)cc1. The fourth-order valence-corrected chi connectivity index (χ4v) is 2.32. The highest BCUT2D eigenvalue weighted by Gasteiger charge is 2.30. The van der Waals surface area contributed by atoms with Gasteiger partial charge in [-0.2, -0.15) is 13.2 Å². The molecule has 0 aliphatic rings. The summed E-state index contributed by atoms with van der Waals surface area (Å²) in [7, 11) is 1.43. The molecule has 25 heavy (non-hydrogen) atoms. The summed E-state index contributed by atoms with van der Waals surface area (Å²) < 4.78 is 37.6. The van der Waals surface area contributed by atoms with Crippen molar-refractivity contribution < 1.29 is 22.9 Å². The average Bonchev–Trinajstić information content (AvgIpc) is 2.55. The van der Waals surface area contributed by atoms with E-state index in [2.05, 4.69) is 0 Å². The van der Waals surface area contributed by atoms with E-state index in [4.69, 9.17) is 11.6 Å². The van der Waals surface area contributed by atoms with Gasteiger partial charge in [-0.15, -0.1) is 0 Å². The summed E-state index contributed by atoms with van der Waals surface area (Å²) in [5.41, 5.74) is -0.598. The van der Waals surface area contributed by atoms with Crippen LogP contribution in [0.15, 0.2) is 42.5 Å². The molecule has 0 bridgehead atoms. The first kappa shape index (κ1) is 18.7. The van der Waals surface area contributed by atoms with Crippen LogP contribution in [-0.4, -0.2) is 22.8 Å². The Labute approximate surface area is 145 Å². The number of carbonyl (C=O) groups excluding carboxylic acids is 1. The Morgan fingerprint density at radius 2 is 1.80 bits per heavy atom. The van der Waals surface area contributed by atoms with Gasteiger partial charge >= 0.3 is 6.18 Å². The molecule has 2 aromatic carbocycles. The Hall–Kier alpha value is -2.61. The molecule has 0 atom stereocenters. The number of hydrogen-bond donors (Lipinski definition) is 0. The Kier molecular flexibility index (Phi) is 5.32. The van der Waals surface area contributed by atoms with E-state index in [0.717, 1.165) is 24.3 Å². The highest BCUT2D eigenvalue weighted by atomic mass is 35.5. The van der Waals surface area contributed by atoms with Crippen molar-refractivity contribution in [3.8, 4) is 0 Å². The number of nitrogens with zero attached hydrogens (tertiary/aromatic N) is 2. The van der Waals surface area contributed by atoms with E-state index < -0.39 is 22.6 Å². The predicted octanol–water partition coefficient (Wildman–Crippen LogP) is 4.54. The van der Waals surface area contributed by atoms with Gasteiger partial charge in [-0.1, -0.05) is 11.6 Å². The van der Waals surface area contributed by atoms with E-state index in [1.54, 1.807) is 0 Å². The summed E-state index contributed by atoms with van der Waals surface area (Å²) >= 11 is 5.98. The molecule has 2 aromatic rings.